The summed E-state index contributed by atoms with van der Waals surface area (Å²) in [6.07, 6.45) is 2.36. The fourth-order valence-corrected chi connectivity index (χ4v) is 4.79. The van der Waals surface area contributed by atoms with Crippen LogP contribution in [0.4, 0.5) is 5.69 Å². The minimum absolute atomic E-state index is 0.167. The Bertz CT molecular complexity index is 1340. The maximum Gasteiger partial charge on any atom is 0.166 e. The van der Waals surface area contributed by atoms with E-state index in [1.807, 2.05) is 54.6 Å². The molecule has 3 aromatic carbocycles. The summed E-state index contributed by atoms with van der Waals surface area (Å²) in [7, 11) is 0. The Morgan fingerprint density at radius 2 is 1.86 bits per heavy atom. The molecule has 0 bridgehead atoms. The molecule has 1 heterocycles. The lowest BCUT2D eigenvalue weighted by Gasteiger charge is -2.28. The number of anilines is 1. The smallest absolute Gasteiger partial charge is 0.166 e. The van der Waals surface area contributed by atoms with E-state index >= 15 is 0 Å². The summed E-state index contributed by atoms with van der Waals surface area (Å²) in [5.74, 6) is 11.3. The van der Waals surface area contributed by atoms with Crippen molar-refractivity contribution in [1.82, 2.24) is 15.3 Å². The topological polar surface area (TPSA) is 126 Å². The number of hydrazine groups is 1. The van der Waals surface area contributed by atoms with E-state index < -0.39 is 6.10 Å². The van der Waals surface area contributed by atoms with Crippen LogP contribution in [0, 0.1) is 0 Å². The summed E-state index contributed by atoms with van der Waals surface area (Å²) in [6.45, 7) is 5.62. The minimum Gasteiger partial charge on any atom is -0.387 e. The summed E-state index contributed by atoms with van der Waals surface area (Å²) < 4.78 is 5.58. The first kappa shape index (κ1) is 26.6. The van der Waals surface area contributed by atoms with E-state index in [0.29, 0.717) is 12.4 Å². The lowest BCUT2D eigenvalue weighted by molar-refractivity contribution is 0.158. The standard InChI is InChI=1S/C28H35N7OS/c1-28(2,14-16-35-15-13-20-17-22(11-12-25(20)35)27(32-29)33-30)31-19-26(36)21-7-6-8-23(18-21)34-37-24-9-4-3-5-10-24/h3-13,15,17-18,26,31,34,36H,14,16,19,29-30H2,1-2H3,(H,32,33)/t26-/m0/s1. The van der Waals surface area contributed by atoms with E-state index in [0.717, 1.165) is 45.6 Å². The molecule has 8 nitrogen and oxygen atoms in total. The summed E-state index contributed by atoms with van der Waals surface area (Å²) >= 11 is 1.55. The highest BCUT2D eigenvalue weighted by Crippen LogP contribution is 2.24. The zero-order valence-electron chi connectivity index (χ0n) is 21.2. The highest BCUT2D eigenvalue weighted by Gasteiger charge is 2.20. The molecule has 8 N–H and O–H groups in total. The van der Waals surface area contributed by atoms with E-state index in [9.17, 15) is 5.11 Å². The van der Waals surface area contributed by atoms with Crippen LogP contribution >= 0.6 is 11.9 Å². The van der Waals surface area contributed by atoms with Gasteiger partial charge in [-0.3, -0.25) is 0 Å². The molecule has 0 fully saturated rings. The molecule has 0 aliphatic heterocycles. The van der Waals surface area contributed by atoms with Crippen LogP contribution in [0.1, 0.15) is 37.5 Å². The molecule has 4 aromatic rings. The first-order valence-corrected chi connectivity index (χ1v) is 13.0. The third kappa shape index (κ3) is 7.05. The van der Waals surface area contributed by atoms with Crippen molar-refractivity contribution in [2.75, 3.05) is 11.3 Å². The first-order chi connectivity index (χ1) is 17.9. The highest BCUT2D eigenvalue weighted by molar-refractivity contribution is 8.00. The number of amidine groups is 1. The molecular formula is C28H35N7OS. The third-order valence-electron chi connectivity index (χ3n) is 6.36. The molecule has 1 aromatic heterocycles. The molecule has 0 unspecified atom stereocenters. The molecule has 0 aliphatic carbocycles. The molecular weight excluding hydrogens is 482 g/mol. The van der Waals surface area contributed by atoms with Crippen molar-refractivity contribution in [1.29, 1.82) is 0 Å². The largest absolute Gasteiger partial charge is 0.387 e. The van der Waals surface area contributed by atoms with Crippen molar-refractivity contribution in [2.45, 2.75) is 43.4 Å². The molecule has 9 heteroatoms. The van der Waals surface area contributed by atoms with Gasteiger partial charge in [0.25, 0.3) is 0 Å². The Morgan fingerprint density at radius 1 is 1.05 bits per heavy atom. The lowest BCUT2D eigenvalue weighted by Crippen LogP contribution is -2.42. The van der Waals surface area contributed by atoms with Gasteiger partial charge in [-0.1, -0.05) is 30.3 Å². The minimum atomic E-state index is -0.608. The normalized spacial score (nSPS) is 13.0. The second-order valence-electron chi connectivity index (χ2n) is 9.58. The van der Waals surface area contributed by atoms with Gasteiger partial charge in [0.1, 0.15) is 0 Å². The van der Waals surface area contributed by atoms with Gasteiger partial charge in [0.05, 0.1) is 6.10 Å². The number of rotatable bonds is 11. The van der Waals surface area contributed by atoms with E-state index in [-0.39, 0.29) is 5.54 Å². The Hall–Kier alpha value is -3.50. The van der Waals surface area contributed by atoms with Crippen molar-refractivity contribution < 1.29 is 5.11 Å². The molecule has 0 aliphatic rings. The average Bonchev–Trinajstić information content (AvgIpc) is 3.33. The first-order valence-electron chi connectivity index (χ1n) is 12.2. The second kappa shape index (κ2) is 12.2. The number of aryl methyl sites for hydroxylation is 1. The number of fused-ring (bicyclic) bond motifs is 1. The third-order valence-corrected chi connectivity index (χ3v) is 7.21. The van der Waals surface area contributed by atoms with Gasteiger partial charge < -0.3 is 31.0 Å². The number of hydrogen-bond acceptors (Lipinski definition) is 7. The molecule has 0 spiro atoms. The van der Waals surface area contributed by atoms with Gasteiger partial charge in [0.15, 0.2) is 5.84 Å². The molecule has 4 rings (SSSR count). The Labute approximate surface area is 222 Å². The van der Waals surface area contributed by atoms with Crippen LogP contribution in [0.15, 0.2) is 95.1 Å². The van der Waals surface area contributed by atoms with Gasteiger partial charge in [-0.15, -0.1) is 0 Å². The van der Waals surface area contributed by atoms with Crippen LogP contribution < -0.4 is 27.2 Å². The van der Waals surface area contributed by atoms with Crippen molar-refractivity contribution in [3.8, 4) is 0 Å². The van der Waals surface area contributed by atoms with Crippen LogP contribution in [-0.2, 0) is 6.54 Å². The predicted molar refractivity (Wildman–Crippen MR) is 154 cm³/mol. The molecule has 0 saturated heterocycles. The number of benzene rings is 3. The zero-order chi connectivity index (χ0) is 26.3. The number of β-amino-alcohol motifs (C(OH)–C–C–N with tert-alkyl or cyclic N) is 1. The summed E-state index contributed by atoms with van der Waals surface area (Å²) in [4.78, 5) is 1.13. The predicted octanol–water partition coefficient (Wildman–Crippen LogP) is 4.34. The number of hydrazone groups is 1. The van der Waals surface area contributed by atoms with Gasteiger partial charge in [-0.25, -0.2) is 5.84 Å². The molecule has 0 saturated carbocycles. The van der Waals surface area contributed by atoms with Crippen LogP contribution in [0.5, 0.6) is 0 Å². The van der Waals surface area contributed by atoms with Crippen molar-refractivity contribution in [2.24, 2.45) is 16.8 Å². The highest BCUT2D eigenvalue weighted by atomic mass is 32.2. The number of nitrogens with two attached hydrogens (primary N) is 2. The lowest BCUT2D eigenvalue weighted by atomic mass is 9.99. The number of aliphatic hydroxyl groups excluding tert-OH is 1. The fraction of sp³-hybridized carbons (Fsp3) is 0.250. The zero-order valence-corrected chi connectivity index (χ0v) is 22.0. The molecule has 1 atom stereocenters. The van der Waals surface area contributed by atoms with Crippen LogP contribution in [0.25, 0.3) is 10.9 Å². The molecule has 37 heavy (non-hydrogen) atoms. The Morgan fingerprint density at radius 3 is 2.62 bits per heavy atom. The number of hydrogen-bond donors (Lipinski definition) is 6. The Kier molecular flexibility index (Phi) is 8.73. The second-order valence-corrected chi connectivity index (χ2v) is 10.5. The number of aromatic nitrogens is 1. The monoisotopic (exact) mass is 517 g/mol. The van der Waals surface area contributed by atoms with E-state index in [2.05, 4.69) is 69.4 Å². The van der Waals surface area contributed by atoms with Crippen LogP contribution in [0.3, 0.4) is 0 Å². The summed E-state index contributed by atoms with van der Waals surface area (Å²) in [6, 6.07) is 26.2. The Balaban J connectivity index is 1.31. The molecule has 194 valence electrons. The number of nitrogens with zero attached hydrogens (tertiary/aromatic N) is 2. The number of aliphatic hydroxyl groups is 1. The van der Waals surface area contributed by atoms with Gasteiger partial charge in [0.2, 0.25) is 0 Å². The van der Waals surface area contributed by atoms with Crippen molar-refractivity contribution in [3.05, 3.63) is 96.2 Å². The quantitative estimate of drug-likeness (QED) is 0.0575. The van der Waals surface area contributed by atoms with E-state index in [1.54, 1.807) is 11.9 Å². The van der Waals surface area contributed by atoms with Gasteiger partial charge in [0, 0.05) is 51.9 Å². The van der Waals surface area contributed by atoms with Gasteiger partial charge >= 0.3 is 0 Å². The van der Waals surface area contributed by atoms with E-state index in [1.165, 1.54) is 0 Å². The summed E-state index contributed by atoms with van der Waals surface area (Å²) in [5.41, 5.74) is 6.15. The van der Waals surface area contributed by atoms with Crippen LogP contribution in [-0.4, -0.2) is 27.6 Å². The maximum absolute atomic E-state index is 10.9. The SMILES string of the molecule is CC(C)(CCn1ccc2cc(/C(=N/N)NN)ccc21)NC[C@H](O)c1cccc(NSc2ccccc2)c1. The van der Waals surface area contributed by atoms with Gasteiger partial charge in [-0.05, 0) is 86.3 Å². The molecule has 0 radical (unpaired) electrons. The summed E-state index contributed by atoms with van der Waals surface area (Å²) in [5, 5.41) is 19.2. The van der Waals surface area contributed by atoms with Gasteiger partial charge in [-0.2, -0.15) is 5.10 Å². The maximum atomic E-state index is 10.9. The average molecular weight is 518 g/mol. The van der Waals surface area contributed by atoms with Crippen molar-refractivity contribution >= 4 is 34.4 Å². The van der Waals surface area contributed by atoms with E-state index in [4.69, 9.17) is 11.7 Å². The molecule has 0 amide bonds. The van der Waals surface area contributed by atoms with Crippen molar-refractivity contribution in [3.63, 3.8) is 0 Å². The number of nitrogens with one attached hydrogen (secondary N) is 3. The fourth-order valence-electron chi connectivity index (χ4n) is 4.13. The van der Waals surface area contributed by atoms with Crippen LogP contribution in [0.2, 0.25) is 0 Å².